The first kappa shape index (κ1) is 13.3. The van der Waals surface area contributed by atoms with E-state index in [9.17, 15) is 9.59 Å². The van der Waals surface area contributed by atoms with Crippen LogP contribution in [0.25, 0.3) is 11.0 Å². The number of hydrogen-bond donors (Lipinski definition) is 1. The fourth-order valence-corrected chi connectivity index (χ4v) is 1.99. The molecule has 0 aliphatic carbocycles. The topological polar surface area (TPSA) is 77.1 Å². The van der Waals surface area contributed by atoms with Gasteiger partial charge in [-0.2, -0.15) is 5.10 Å². The van der Waals surface area contributed by atoms with E-state index in [1.165, 1.54) is 10.6 Å². The van der Waals surface area contributed by atoms with E-state index in [4.69, 9.17) is 5.11 Å². The number of aromatic nitrogens is 3. The highest BCUT2D eigenvalue weighted by molar-refractivity contribution is 5.78. The summed E-state index contributed by atoms with van der Waals surface area (Å²) in [5.74, 6) is -0.927. The molecule has 1 N–H and O–H groups in total. The molecule has 0 amide bonds. The van der Waals surface area contributed by atoms with Gasteiger partial charge < -0.3 is 5.11 Å². The predicted octanol–water partition coefficient (Wildman–Crippen LogP) is 1.56. The lowest BCUT2D eigenvalue weighted by atomic mass is 10.2. The van der Waals surface area contributed by atoms with Gasteiger partial charge in [-0.25, -0.2) is 0 Å². The molecule has 0 saturated heterocycles. The molecule has 6 nitrogen and oxygen atoms in total. The number of pyridine rings is 1. The quantitative estimate of drug-likeness (QED) is 0.908. The standard InChI is InChI=1S/C13H17N3O3/c1-8(2)16-7-10-9(3)6-11(17)15(13(10)14-16)5-4-12(18)19/h6-8H,4-5H2,1-3H3,(H,18,19). The van der Waals surface area contributed by atoms with E-state index in [1.807, 2.05) is 27.0 Å². The number of carbonyl (C=O) groups is 1. The molecule has 2 aromatic rings. The predicted molar refractivity (Wildman–Crippen MR) is 71.4 cm³/mol. The van der Waals surface area contributed by atoms with E-state index in [0.717, 1.165) is 10.9 Å². The minimum absolute atomic E-state index is 0.0907. The SMILES string of the molecule is Cc1cc(=O)n(CCC(=O)O)c2nn(C(C)C)cc12. The molecule has 0 atom stereocenters. The average Bonchev–Trinajstić information content (AvgIpc) is 2.73. The summed E-state index contributed by atoms with van der Waals surface area (Å²) in [5.41, 5.74) is 1.21. The number of rotatable bonds is 4. The molecule has 0 fully saturated rings. The highest BCUT2D eigenvalue weighted by atomic mass is 16.4. The van der Waals surface area contributed by atoms with Crippen molar-refractivity contribution < 1.29 is 9.90 Å². The second-order valence-corrected chi connectivity index (χ2v) is 4.90. The second kappa shape index (κ2) is 4.87. The van der Waals surface area contributed by atoms with Crippen LogP contribution in [0.4, 0.5) is 0 Å². The summed E-state index contributed by atoms with van der Waals surface area (Å²) in [4.78, 5) is 22.6. The van der Waals surface area contributed by atoms with Crippen LogP contribution in [0.2, 0.25) is 0 Å². The van der Waals surface area contributed by atoms with Gasteiger partial charge >= 0.3 is 5.97 Å². The van der Waals surface area contributed by atoms with Crippen LogP contribution in [0.1, 0.15) is 31.9 Å². The number of carboxylic acids is 1. The smallest absolute Gasteiger partial charge is 0.305 e. The molecule has 0 unspecified atom stereocenters. The molecule has 2 heterocycles. The Labute approximate surface area is 110 Å². The maximum absolute atomic E-state index is 12.0. The van der Waals surface area contributed by atoms with E-state index in [0.29, 0.717) is 5.65 Å². The van der Waals surface area contributed by atoms with Crippen molar-refractivity contribution in [3.05, 3.63) is 28.2 Å². The van der Waals surface area contributed by atoms with Crippen LogP contribution in [0, 0.1) is 6.92 Å². The van der Waals surface area contributed by atoms with Gasteiger partial charge in [0.25, 0.3) is 5.56 Å². The first-order valence-corrected chi connectivity index (χ1v) is 6.21. The molecule has 0 aromatic carbocycles. The molecule has 0 bridgehead atoms. The Morgan fingerprint density at radius 1 is 1.47 bits per heavy atom. The molecule has 2 aromatic heterocycles. The number of hydrogen-bond acceptors (Lipinski definition) is 3. The van der Waals surface area contributed by atoms with Crippen molar-refractivity contribution in [1.29, 1.82) is 0 Å². The molecule has 2 rings (SSSR count). The van der Waals surface area contributed by atoms with Crippen LogP contribution in [-0.2, 0) is 11.3 Å². The fraction of sp³-hybridized carbons (Fsp3) is 0.462. The largest absolute Gasteiger partial charge is 0.481 e. The summed E-state index contributed by atoms with van der Waals surface area (Å²) >= 11 is 0. The Morgan fingerprint density at radius 3 is 2.74 bits per heavy atom. The normalized spacial score (nSPS) is 11.4. The van der Waals surface area contributed by atoms with Gasteiger partial charge in [-0.3, -0.25) is 18.8 Å². The fourth-order valence-electron chi connectivity index (χ4n) is 1.99. The van der Waals surface area contributed by atoms with Gasteiger partial charge in [0.05, 0.1) is 6.42 Å². The summed E-state index contributed by atoms with van der Waals surface area (Å²) in [6.07, 6.45) is 1.80. The highest BCUT2D eigenvalue weighted by Crippen LogP contribution is 2.17. The molecule has 0 aliphatic heterocycles. The Bertz CT molecular complexity index is 682. The van der Waals surface area contributed by atoms with Gasteiger partial charge in [0.1, 0.15) is 0 Å². The minimum atomic E-state index is -0.927. The monoisotopic (exact) mass is 263 g/mol. The van der Waals surface area contributed by atoms with Gasteiger partial charge in [-0.05, 0) is 26.3 Å². The third-order valence-electron chi connectivity index (χ3n) is 3.08. The first-order chi connectivity index (χ1) is 8.90. The third-order valence-corrected chi connectivity index (χ3v) is 3.08. The molecule has 0 saturated carbocycles. The zero-order valence-electron chi connectivity index (χ0n) is 11.3. The molecule has 0 spiro atoms. The van der Waals surface area contributed by atoms with E-state index < -0.39 is 5.97 Å². The first-order valence-electron chi connectivity index (χ1n) is 6.21. The number of fused-ring (bicyclic) bond motifs is 1. The van der Waals surface area contributed by atoms with Gasteiger partial charge in [0.15, 0.2) is 5.65 Å². The van der Waals surface area contributed by atoms with E-state index in [-0.39, 0.29) is 24.6 Å². The van der Waals surface area contributed by atoms with Crippen LogP contribution in [0.5, 0.6) is 0 Å². The molecule has 0 radical (unpaired) electrons. The Balaban J connectivity index is 2.61. The number of carboxylic acid groups (broad SMARTS) is 1. The zero-order valence-corrected chi connectivity index (χ0v) is 11.3. The molecule has 19 heavy (non-hydrogen) atoms. The lowest BCUT2D eigenvalue weighted by Crippen LogP contribution is -2.22. The lowest BCUT2D eigenvalue weighted by molar-refractivity contribution is -0.137. The van der Waals surface area contributed by atoms with Crippen molar-refractivity contribution in [2.75, 3.05) is 0 Å². The molecule has 6 heteroatoms. The van der Waals surface area contributed by atoms with Crippen LogP contribution in [0.3, 0.4) is 0 Å². The second-order valence-electron chi connectivity index (χ2n) is 4.90. The average molecular weight is 263 g/mol. The minimum Gasteiger partial charge on any atom is -0.481 e. The van der Waals surface area contributed by atoms with Crippen molar-refractivity contribution in [1.82, 2.24) is 14.3 Å². The highest BCUT2D eigenvalue weighted by Gasteiger charge is 2.12. The van der Waals surface area contributed by atoms with Gasteiger partial charge in [0, 0.05) is 30.2 Å². The maximum Gasteiger partial charge on any atom is 0.305 e. The van der Waals surface area contributed by atoms with Crippen molar-refractivity contribution in [2.45, 2.75) is 39.8 Å². The Morgan fingerprint density at radius 2 is 2.16 bits per heavy atom. The number of aliphatic carboxylic acids is 1. The van der Waals surface area contributed by atoms with Crippen LogP contribution in [-0.4, -0.2) is 25.4 Å². The lowest BCUT2D eigenvalue weighted by Gasteiger charge is -2.06. The van der Waals surface area contributed by atoms with Crippen LogP contribution in [0.15, 0.2) is 17.1 Å². The molecular formula is C13H17N3O3. The van der Waals surface area contributed by atoms with Crippen molar-refractivity contribution in [3.8, 4) is 0 Å². The molecule has 102 valence electrons. The summed E-state index contributed by atoms with van der Waals surface area (Å²) < 4.78 is 3.21. The summed E-state index contributed by atoms with van der Waals surface area (Å²) in [5, 5.41) is 14.0. The van der Waals surface area contributed by atoms with Gasteiger partial charge in [-0.1, -0.05) is 0 Å². The van der Waals surface area contributed by atoms with Crippen molar-refractivity contribution in [2.24, 2.45) is 0 Å². The zero-order chi connectivity index (χ0) is 14.2. The molecular weight excluding hydrogens is 246 g/mol. The van der Waals surface area contributed by atoms with Crippen molar-refractivity contribution in [3.63, 3.8) is 0 Å². The number of aryl methyl sites for hydroxylation is 2. The van der Waals surface area contributed by atoms with E-state index in [2.05, 4.69) is 5.10 Å². The third kappa shape index (κ3) is 2.52. The summed E-state index contributed by atoms with van der Waals surface area (Å²) in [7, 11) is 0. The Kier molecular flexibility index (Phi) is 3.42. The summed E-state index contributed by atoms with van der Waals surface area (Å²) in [6.45, 7) is 6.00. The van der Waals surface area contributed by atoms with Crippen LogP contribution >= 0.6 is 0 Å². The van der Waals surface area contributed by atoms with Crippen molar-refractivity contribution >= 4 is 17.0 Å². The Hall–Kier alpha value is -2.11. The van der Waals surface area contributed by atoms with E-state index >= 15 is 0 Å². The maximum atomic E-state index is 12.0. The molecule has 0 aliphatic rings. The summed E-state index contributed by atoms with van der Waals surface area (Å²) in [6, 6.07) is 1.71. The van der Waals surface area contributed by atoms with Gasteiger partial charge in [-0.15, -0.1) is 0 Å². The number of nitrogens with zero attached hydrogens (tertiary/aromatic N) is 3. The van der Waals surface area contributed by atoms with Crippen LogP contribution < -0.4 is 5.56 Å². The van der Waals surface area contributed by atoms with E-state index in [1.54, 1.807) is 4.68 Å². The van der Waals surface area contributed by atoms with Gasteiger partial charge in [0.2, 0.25) is 0 Å².